The number of carbonyl (C=O) groups excluding carboxylic acids is 1. The first kappa shape index (κ1) is 18.9. The van der Waals surface area contributed by atoms with Crippen molar-refractivity contribution in [3.05, 3.63) is 60.4 Å². The van der Waals surface area contributed by atoms with Crippen LogP contribution in [0.3, 0.4) is 0 Å². The van der Waals surface area contributed by atoms with E-state index < -0.39 is 5.82 Å². The van der Waals surface area contributed by atoms with Crippen molar-refractivity contribution in [1.29, 1.82) is 0 Å². The molecule has 29 heavy (non-hydrogen) atoms. The van der Waals surface area contributed by atoms with Gasteiger partial charge in [0, 0.05) is 31.3 Å². The molecule has 2 N–H and O–H groups in total. The number of nitrogens with one attached hydrogen (secondary N) is 1. The summed E-state index contributed by atoms with van der Waals surface area (Å²) < 4.78 is 13.8. The number of aromatic nitrogens is 1. The Balaban J connectivity index is 1.79. The third-order valence-corrected chi connectivity index (χ3v) is 5.02. The first-order chi connectivity index (χ1) is 14.0. The third kappa shape index (κ3) is 4.21. The van der Waals surface area contributed by atoms with Crippen molar-refractivity contribution in [3.8, 4) is 28.1 Å². The van der Waals surface area contributed by atoms with Crippen LogP contribution in [0.5, 0.6) is 5.75 Å². The summed E-state index contributed by atoms with van der Waals surface area (Å²) >= 11 is 0. The van der Waals surface area contributed by atoms with Crippen LogP contribution in [-0.4, -0.2) is 29.1 Å². The van der Waals surface area contributed by atoms with E-state index in [1.54, 1.807) is 0 Å². The summed E-state index contributed by atoms with van der Waals surface area (Å²) in [4.78, 5) is 18.2. The highest BCUT2D eigenvalue weighted by Gasteiger charge is 2.17. The largest absolute Gasteiger partial charge is 0.507 e. The molecular weight excluding hydrogens is 369 g/mol. The van der Waals surface area contributed by atoms with Gasteiger partial charge in [-0.2, -0.15) is 0 Å². The minimum Gasteiger partial charge on any atom is -0.507 e. The lowest BCUT2D eigenvalue weighted by Crippen LogP contribution is -2.19. The molecule has 148 valence electrons. The molecule has 5 nitrogen and oxygen atoms in total. The number of amides is 1. The van der Waals surface area contributed by atoms with Gasteiger partial charge in [-0.05, 0) is 66.4 Å². The zero-order valence-corrected chi connectivity index (χ0v) is 16.2. The molecule has 1 aromatic heterocycles. The van der Waals surface area contributed by atoms with Gasteiger partial charge in [0.2, 0.25) is 5.91 Å². The Morgan fingerprint density at radius 3 is 2.45 bits per heavy atom. The Bertz CT molecular complexity index is 1040. The first-order valence-corrected chi connectivity index (χ1v) is 9.63. The van der Waals surface area contributed by atoms with Crippen molar-refractivity contribution < 1.29 is 14.3 Å². The minimum atomic E-state index is -0.424. The highest BCUT2D eigenvalue weighted by Crippen LogP contribution is 2.34. The van der Waals surface area contributed by atoms with Crippen molar-refractivity contribution >= 4 is 17.4 Å². The number of pyridine rings is 1. The van der Waals surface area contributed by atoms with Crippen LogP contribution in [0, 0.1) is 5.82 Å². The topological polar surface area (TPSA) is 65.5 Å². The second-order valence-corrected chi connectivity index (χ2v) is 7.21. The van der Waals surface area contributed by atoms with E-state index in [4.69, 9.17) is 4.98 Å². The van der Waals surface area contributed by atoms with Crippen molar-refractivity contribution in [2.24, 2.45) is 0 Å². The fourth-order valence-corrected chi connectivity index (χ4v) is 3.59. The van der Waals surface area contributed by atoms with E-state index in [1.165, 1.54) is 25.1 Å². The SMILES string of the molecule is CC(=O)Nc1ccc(-c2cc(-c3cc(F)ccc3O)nc(N3CCCC3)c2)cc1. The van der Waals surface area contributed by atoms with Crippen LogP contribution in [0.4, 0.5) is 15.9 Å². The van der Waals surface area contributed by atoms with Gasteiger partial charge < -0.3 is 15.3 Å². The van der Waals surface area contributed by atoms with Crippen molar-refractivity contribution in [2.45, 2.75) is 19.8 Å². The fraction of sp³-hybridized carbons (Fsp3) is 0.217. The van der Waals surface area contributed by atoms with Gasteiger partial charge in [0.15, 0.2) is 0 Å². The lowest BCUT2D eigenvalue weighted by molar-refractivity contribution is -0.114. The molecule has 3 aromatic rings. The molecule has 0 bridgehead atoms. The zero-order chi connectivity index (χ0) is 20.4. The van der Waals surface area contributed by atoms with Gasteiger partial charge in [0.25, 0.3) is 0 Å². The Labute approximate surface area is 168 Å². The number of rotatable bonds is 4. The molecule has 1 aliphatic rings. The van der Waals surface area contributed by atoms with Crippen LogP contribution in [0.2, 0.25) is 0 Å². The molecule has 0 atom stereocenters. The van der Waals surface area contributed by atoms with Crippen LogP contribution in [-0.2, 0) is 4.79 Å². The standard InChI is InChI=1S/C23H22FN3O2/c1-15(28)25-19-7-4-16(5-8-19)17-12-21(20-14-18(24)6-9-22(20)29)26-23(13-17)27-10-2-3-11-27/h4-9,12-14,29H,2-3,10-11H2,1H3,(H,25,28). The van der Waals surface area contributed by atoms with Gasteiger partial charge >= 0.3 is 0 Å². The molecule has 1 amide bonds. The number of nitrogens with zero attached hydrogens (tertiary/aromatic N) is 2. The van der Waals surface area contributed by atoms with Crippen LogP contribution in [0.25, 0.3) is 22.4 Å². The third-order valence-electron chi connectivity index (χ3n) is 5.02. The molecule has 1 aliphatic heterocycles. The number of hydrogen-bond acceptors (Lipinski definition) is 4. The Morgan fingerprint density at radius 2 is 1.76 bits per heavy atom. The molecule has 0 saturated carbocycles. The molecular formula is C23H22FN3O2. The van der Waals surface area contributed by atoms with Crippen LogP contribution in [0.1, 0.15) is 19.8 Å². The summed E-state index contributed by atoms with van der Waals surface area (Å²) in [6.07, 6.45) is 2.22. The average molecular weight is 391 g/mol. The second kappa shape index (κ2) is 7.91. The number of halogens is 1. The smallest absolute Gasteiger partial charge is 0.221 e. The minimum absolute atomic E-state index is 0.00979. The molecule has 0 unspecified atom stereocenters. The van der Waals surface area contributed by atoms with E-state index in [1.807, 2.05) is 36.4 Å². The molecule has 6 heteroatoms. The average Bonchev–Trinajstić information content (AvgIpc) is 3.24. The summed E-state index contributed by atoms with van der Waals surface area (Å²) in [6.45, 7) is 3.32. The first-order valence-electron chi connectivity index (χ1n) is 9.63. The molecule has 2 heterocycles. The maximum absolute atomic E-state index is 13.8. The summed E-state index contributed by atoms with van der Waals surface area (Å²) in [5, 5.41) is 13.0. The molecule has 0 aliphatic carbocycles. The van der Waals surface area contributed by atoms with Crippen LogP contribution < -0.4 is 10.2 Å². The van der Waals surface area contributed by atoms with Gasteiger partial charge in [0.1, 0.15) is 17.4 Å². The maximum Gasteiger partial charge on any atom is 0.221 e. The van der Waals surface area contributed by atoms with Crippen LogP contribution >= 0.6 is 0 Å². The number of phenols is 1. The van der Waals surface area contributed by atoms with E-state index in [-0.39, 0.29) is 11.7 Å². The highest BCUT2D eigenvalue weighted by atomic mass is 19.1. The van der Waals surface area contributed by atoms with E-state index >= 15 is 0 Å². The molecule has 0 spiro atoms. The number of phenolic OH excluding ortho intramolecular Hbond substituents is 1. The second-order valence-electron chi connectivity index (χ2n) is 7.21. The van der Waals surface area contributed by atoms with Gasteiger partial charge in [-0.1, -0.05) is 12.1 Å². The van der Waals surface area contributed by atoms with Crippen molar-refractivity contribution in [2.75, 3.05) is 23.3 Å². The number of aromatic hydroxyl groups is 1. The molecule has 4 rings (SSSR count). The highest BCUT2D eigenvalue weighted by molar-refractivity contribution is 5.89. The Hall–Kier alpha value is -3.41. The van der Waals surface area contributed by atoms with E-state index in [9.17, 15) is 14.3 Å². The molecule has 0 radical (unpaired) electrons. The lowest BCUT2D eigenvalue weighted by atomic mass is 10.0. The number of benzene rings is 2. The number of carbonyl (C=O) groups is 1. The lowest BCUT2D eigenvalue weighted by Gasteiger charge is -2.19. The quantitative estimate of drug-likeness (QED) is 0.669. The number of anilines is 2. The molecule has 2 aromatic carbocycles. The normalized spacial score (nSPS) is 13.5. The van der Waals surface area contributed by atoms with Gasteiger partial charge in [-0.3, -0.25) is 4.79 Å². The predicted molar refractivity (Wildman–Crippen MR) is 112 cm³/mol. The summed E-state index contributed by atoms with van der Waals surface area (Å²) in [5.74, 6) is 0.253. The Morgan fingerprint density at radius 1 is 1.03 bits per heavy atom. The van der Waals surface area contributed by atoms with E-state index in [2.05, 4.69) is 10.2 Å². The maximum atomic E-state index is 13.8. The van der Waals surface area contributed by atoms with Gasteiger partial charge in [-0.15, -0.1) is 0 Å². The van der Waals surface area contributed by atoms with Crippen LogP contribution in [0.15, 0.2) is 54.6 Å². The predicted octanol–water partition coefficient (Wildman–Crippen LogP) is 4.82. The van der Waals surface area contributed by atoms with Gasteiger partial charge in [-0.25, -0.2) is 9.37 Å². The van der Waals surface area contributed by atoms with Gasteiger partial charge in [0.05, 0.1) is 5.69 Å². The fourth-order valence-electron chi connectivity index (χ4n) is 3.59. The summed E-state index contributed by atoms with van der Waals surface area (Å²) in [6, 6.07) is 15.3. The van der Waals surface area contributed by atoms with E-state index in [0.29, 0.717) is 11.3 Å². The zero-order valence-electron chi connectivity index (χ0n) is 16.2. The van der Waals surface area contributed by atoms with E-state index in [0.717, 1.165) is 48.6 Å². The Kier molecular flexibility index (Phi) is 5.16. The summed E-state index contributed by atoms with van der Waals surface area (Å²) in [7, 11) is 0. The molecule has 1 fully saturated rings. The number of hydrogen-bond donors (Lipinski definition) is 2. The molecule has 1 saturated heterocycles. The summed E-state index contributed by atoms with van der Waals surface area (Å²) in [5.41, 5.74) is 3.46. The van der Waals surface area contributed by atoms with Crippen molar-refractivity contribution in [1.82, 2.24) is 4.98 Å². The monoisotopic (exact) mass is 391 g/mol. The van der Waals surface area contributed by atoms with Crippen molar-refractivity contribution in [3.63, 3.8) is 0 Å².